The molecule has 100 valence electrons. The molecule has 0 atom stereocenters. The van der Waals surface area contributed by atoms with E-state index in [1.165, 1.54) is 43.7 Å². The van der Waals surface area contributed by atoms with E-state index in [9.17, 15) is 0 Å². The van der Waals surface area contributed by atoms with Crippen LogP contribution in [0, 0.1) is 0 Å². The van der Waals surface area contributed by atoms with Crippen molar-refractivity contribution < 1.29 is 0 Å². The Morgan fingerprint density at radius 3 is 2.76 bits per heavy atom. The van der Waals surface area contributed by atoms with Crippen molar-refractivity contribution in [2.75, 3.05) is 0 Å². The van der Waals surface area contributed by atoms with E-state index < -0.39 is 0 Å². The SMILES string of the molecule is C1=Cc2[nH]c3cc4cc5ccccc5c4cc3cc2CC1. The summed E-state index contributed by atoms with van der Waals surface area (Å²) in [5.41, 5.74) is 3.92. The number of allylic oxidation sites excluding steroid dienone is 1. The molecule has 0 fully saturated rings. The van der Waals surface area contributed by atoms with Crippen molar-refractivity contribution in [2.45, 2.75) is 12.8 Å². The van der Waals surface area contributed by atoms with Crippen LogP contribution in [0.1, 0.15) is 17.7 Å². The molecular formula is C20H15N. The van der Waals surface area contributed by atoms with Gasteiger partial charge < -0.3 is 4.98 Å². The van der Waals surface area contributed by atoms with Crippen molar-refractivity contribution in [2.24, 2.45) is 0 Å². The second kappa shape index (κ2) is 3.98. The number of nitrogens with one attached hydrogen (secondary N) is 1. The van der Waals surface area contributed by atoms with Crippen molar-refractivity contribution in [3.8, 4) is 0 Å². The summed E-state index contributed by atoms with van der Waals surface area (Å²) in [5, 5.41) is 6.67. The van der Waals surface area contributed by atoms with Gasteiger partial charge in [-0.1, -0.05) is 30.3 Å². The zero-order valence-electron chi connectivity index (χ0n) is 11.7. The first kappa shape index (κ1) is 11.2. The van der Waals surface area contributed by atoms with E-state index in [-0.39, 0.29) is 0 Å². The molecule has 1 nitrogen and oxygen atoms in total. The number of aromatic amines is 1. The van der Waals surface area contributed by atoms with Gasteiger partial charge in [-0.3, -0.25) is 0 Å². The normalized spacial score (nSPS) is 14.1. The Balaban J connectivity index is 1.92. The second-order valence-electron chi connectivity index (χ2n) is 5.91. The molecule has 0 spiro atoms. The lowest BCUT2D eigenvalue weighted by atomic mass is 9.99. The van der Waals surface area contributed by atoms with Gasteiger partial charge in [-0.05, 0) is 75.7 Å². The molecule has 1 heteroatoms. The molecule has 1 aliphatic rings. The monoisotopic (exact) mass is 269 g/mol. The van der Waals surface area contributed by atoms with Crippen molar-refractivity contribution in [3.05, 3.63) is 65.9 Å². The fourth-order valence-electron chi connectivity index (χ4n) is 3.54. The average Bonchev–Trinajstić information content (AvgIpc) is 2.88. The first-order valence-electron chi connectivity index (χ1n) is 7.52. The minimum atomic E-state index is 1.14. The lowest BCUT2D eigenvalue weighted by Gasteiger charge is -2.12. The van der Waals surface area contributed by atoms with Gasteiger partial charge in [0.05, 0.1) is 0 Å². The van der Waals surface area contributed by atoms with Gasteiger partial charge in [0.1, 0.15) is 0 Å². The number of aromatic nitrogens is 1. The highest BCUT2D eigenvalue weighted by atomic mass is 14.7. The lowest BCUT2D eigenvalue weighted by Crippen LogP contribution is -1.97. The highest BCUT2D eigenvalue weighted by Gasteiger charge is 2.09. The van der Waals surface area contributed by atoms with Gasteiger partial charge in [0.15, 0.2) is 0 Å². The smallest absolute Gasteiger partial charge is 0.0464 e. The maximum absolute atomic E-state index is 3.60. The van der Waals surface area contributed by atoms with Gasteiger partial charge in [-0.2, -0.15) is 0 Å². The lowest BCUT2D eigenvalue weighted by molar-refractivity contribution is 0.972. The second-order valence-corrected chi connectivity index (χ2v) is 5.91. The number of aryl methyl sites for hydroxylation is 1. The molecular weight excluding hydrogens is 254 g/mol. The van der Waals surface area contributed by atoms with Crippen LogP contribution in [0.2, 0.25) is 0 Å². The number of H-pyrrole nitrogens is 1. The number of hydrogen-bond donors (Lipinski definition) is 1. The van der Waals surface area contributed by atoms with Crippen LogP contribution in [0.5, 0.6) is 0 Å². The van der Waals surface area contributed by atoms with Crippen LogP contribution >= 0.6 is 0 Å². The third-order valence-electron chi connectivity index (χ3n) is 4.59. The topological polar surface area (TPSA) is 15.8 Å². The Kier molecular flexibility index (Phi) is 2.12. The fourth-order valence-corrected chi connectivity index (χ4v) is 3.54. The van der Waals surface area contributed by atoms with Crippen molar-refractivity contribution in [3.63, 3.8) is 0 Å². The Labute approximate surface area is 122 Å². The van der Waals surface area contributed by atoms with Gasteiger partial charge in [-0.25, -0.2) is 0 Å². The summed E-state index contributed by atoms with van der Waals surface area (Å²) in [6, 6.07) is 17.9. The zero-order chi connectivity index (χ0) is 13.8. The molecule has 21 heavy (non-hydrogen) atoms. The van der Waals surface area contributed by atoms with Gasteiger partial charge in [0, 0.05) is 11.2 Å². The van der Waals surface area contributed by atoms with E-state index >= 15 is 0 Å². The maximum Gasteiger partial charge on any atom is 0.0464 e. The first-order chi connectivity index (χ1) is 10.4. The van der Waals surface area contributed by atoms with Gasteiger partial charge in [0.25, 0.3) is 0 Å². The fraction of sp³-hybridized carbons (Fsp3) is 0.100. The molecule has 0 bridgehead atoms. The molecule has 4 aromatic rings. The maximum atomic E-state index is 3.60. The standard InChI is InChI=1S/C20H15N/c1-3-7-17-13(5-1)9-15-12-20-16(11-18(15)17)10-14-6-2-4-8-19(14)21-20/h1,3-5,7-12,21H,2,6H2. The van der Waals surface area contributed by atoms with Crippen LogP contribution in [-0.2, 0) is 6.42 Å². The summed E-state index contributed by atoms with van der Waals surface area (Å²) in [4.78, 5) is 3.60. The summed E-state index contributed by atoms with van der Waals surface area (Å²) in [6.07, 6.45) is 6.75. The van der Waals surface area contributed by atoms with Crippen LogP contribution in [0.25, 0.3) is 38.5 Å². The van der Waals surface area contributed by atoms with E-state index in [1.54, 1.807) is 0 Å². The molecule has 0 saturated carbocycles. The highest BCUT2D eigenvalue weighted by molar-refractivity contribution is 6.15. The number of pyridine rings is 1. The summed E-state index contributed by atoms with van der Waals surface area (Å²) >= 11 is 0. The number of hydrogen-bond acceptors (Lipinski definition) is 0. The van der Waals surface area contributed by atoms with Gasteiger partial charge in [0.2, 0.25) is 0 Å². The number of benzene rings is 2. The van der Waals surface area contributed by atoms with Crippen LogP contribution in [0.3, 0.4) is 0 Å². The molecule has 1 N–H and O–H groups in total. The molecule has 5 rings (SSSR count). The predicted octanol–water partition coefficient (Wildman–Crippen LogP) is 5.43. The van der Waals surface area contributed by atoms with Crippen LogP contribution < -0.4 is 0 Å². The van der Waals surface area contributed by atoms with Crippen molar-refractivity contribution in [1.82, 2.24) is 4.98 Å². The molecule has 0 amide bonds. The number of rotatable bonds is 0. The average molecular weight is 269 g/mol. The third kappa shape index (κ3) is 1.58. The van der Waals surface area contributed by atoms with E-state index in [2.05, 4.69) is 65.7 Å². The molecule has 1 aromatic heterocycles. The van der Waals surface area contributed by atoms with Crippen LogP contribution in [0.15, 0.2) is 54.6 Å². The van der Waals surface area contributed by atoms with E-state index in [0.29, 0.717) is 0 Å². The Morgan fingerprint density at radius 2 is 1.76 bits per heavy atom. The van der Waals surface area contributed by atoms with Crippen LogP contribution in [-0.4, -0.2) is 4.98 Å². The van der Waals surface area contributed by atoms with E-state index in [0.717, 1.165) is 12.8 Å². The van der Waals surface area contributed by atoms with Gasteiger partial charge in [-0.15, -0.1) is 0 Å². The molecule has 0 radical (unpaired) electrons. The third-order valence-corrected chi connectivity index (χ3v) is 4.59. The van der Waals surface area contributed by atoms with Gasteiger partial charge >= 0.3 is 0 Å². The predicted molar refractivity (Wildman–Crippen MR) is 90.7 cm³/mol. The summed E-state index contributed by atoms with van der Waals surface area (Å²) in [6.45, 7) is 0. The van der Waals surface area contributed by atoms with Crippen molar-refractivity contribution >= 4 is 38.5 Å². The molecule has 1 aliphatic carbocycles. The highest BCUT2D eigenvalue weighted by Crippen LogP contribution is 2.32. The Morgan fingerprint density at radius 1 is 0.810 bits per heavy atom. The Hall–Kier alpha value is -2.54. The van der Waals surface area contributed by atoms with E-state index in [1.807, 2.05) is 0 Å². The molecule has 3 aromatic carbocycles. The summed E-state index contributed by atoms with van der Waals surface area (Å²) in [7, 11) is 0. The summed E-state index contributed by atoms with van der Waals surface area (Å²) < 4.78 is 0. The minimum Gasteiger partial charge on any atom is -0.355 e. The zero-order valence-corrected chi connectivity index (χ0v) is 11.7. The van der Waals surface area contributed by atoms with Crippen LogP contribution in [0.4, 0.5) is 0 Å². The van der Waals surface area contributed by atoms with E-state index in [4.69, 9.17) is 0 Å². The quantitative estimate of drug-likeness (QED) is 0.438. The molecule has 0 saturated heterocycles. The number of fused-ring (bicyclic) bond motifs is 5. The minimum absolute atomic E-state index is 1.14. The molecule has 1 heterocycles. The summed E-state index contributed by atoms with van der Waals surface area (Å²) in [5.74, 6) is 0. The van der Waals surface area contributed by atoms with Crippen molar-refractivity contribution in [1.29, 1.82) is 0 Å². The largest absolute Gasteiger partial charge is 0.355 e. The first-order valence-corrected chi connectivity index (χ1v) is 7.52. The Bertz CT molecular complexity index is 1030. The molecule has 0 aliphatic heterocycles. The molecule has 0 unspecified atom stereocenters.